The number of ketones is 1. The Morgan fingerprint density at radius 1 is 0.800 bits per heavy atom. The predicted octanol–water partition coefficient (Wildman–Crippen LogP) is 5.87. The van der Waals surface area contributed by atoms with Gasteiger partial charge in [0.15, 0.2) is 5.78 Å². The summed E-state index contributed by atoms with van der Waals surface area (Å²) in [6.45, 7) is 2.21. The molecule has 0 bridgehead atoms. The van der Waals surface area contributed by atoms with Gasteiger partial charge in [-0.2, -0.15) is 0 Å². The Hall–Kier alpha value is -3.11. The molecule has 2 fully saturated rings. The number of rotatable bonds is 1. The Balaban J connectivity index is 1.60. The van der Waals surface area contributed by atoms with E-state index in [-0.39, 0.29) is 11.8 Å². The van der Waals surface area contributed by atoms with Crippen LogP contribution in [-0.2, 0) is 10.2 Å². The quantitative estimate of drug-likeness (QED) is 0.477. The molecule has 6 rings (SSSR count). The van der Waals surface area contributed by atoms with Crippen LogP contribution in [0, 0.1) is 35.5 Å². The molecular formula is C29H24O. The molecule has 0 amide bonds. The molecule has 0 N–H and O–H groups in total. The van der Waals surface area contributed by atoms with Gasteiger partial charge in [0.2, 0.25) is 0 Å². The molecule has 1 heteroatoms. The van der Waals surface area contributed by atoms with E-state index in [2.05, 4.69) is 97.6 Å². The van der Waals surface area contributed by atoms with Crippen LogP contribution in [0.1, 0.15) is 36.5 Å². The number of carbonyl (C=O) groups is 1. The van der Waals surface area contributed by atoms with E-state index in [9.17, 15) is 4.79 Å². The summed E-state index contributed by atoms with van der Waals surface area (Å²) in [6.07, 6.45) is 2.22. The van der Waals surface area contributed by atoms with E-state index >= 15 is 0 Å². The highest BCUT2D eigenvalue weighted by molar-refractivity contribution is 5.90. The van der Waals surface area contributed by atoms with Gasteiger partial charge in [-0.25, -0.2) is 0 Å². The van der Waals surface area contributed by atoms with E-state index in [1.807, 2.05) is 0 Å². The van der Waals surface area contributed by atoms with E-state index in [1.165, 1.54) is 27.8 Å². The van der Waals surface area contributed by atoms with Gasteiger partial charge in [0.25, 0.3) is 0 Å². The molecule has 3 aromatic rings. The van der Waals surface area contributed by atoms with Gasteiger partial charge in [0, 0.05) is 5.92 Å². The molecule has 3 unspecified atom stereocenters. The van der Waals surface area contributed by atoms with Crippen molar-refractivity contribution in [2.75, 3.05) is 0 Å². The molecule has 146 valence electrons. The van der Waals surface area contributed by atoms with Crippen LogP contribution < -0.4 is 0 Å². The summed E-state index contributed by atoms with van der Waals surface area (Å²) in [5.41, 5.74) is 5.59. The molecule has 0 heterocycles. The molecule has 0 aliphatic heterocycles. The lowest BCUT2D eigenvalue weighted by Gasteiger charge is -2.28. The van der Waals surface area contributed by atoms with Gasteiger partial charge in [-0.1, -0.05) is 97.6 Å². The summed E-state index contributed by atoms with van der Waals surface area (Å²) in [4.78, 5) is 13.0. The third kappa shape index (κ3) is 2.40. The van der Waals surface area contributed by atoms with Crippen molar-refractivity contribution in [3.05, 3.63) is 95.6 Å². The van der Waals surface area contributed by atoms with Crippen LogP contribution in [0.3, 0.4) is 0 Å². The van der Waals surface area contributed by atoms with Crippen molar-refractivity contribution in [3.63, 3.8) is 0 Å². The number of carbonyl (C=O) groups excluding carboxylic acids is 1. The second kappa shape index (κ2) is 6.44. The standard InChI is InChI=1S/C29H24O/c1-19-17-20-18-25(20)28(30)22(19)15-16-29(21-9-3-2-4-10-21)26-13-7-5-11-23(26)24-12-6-8-14-27(24)29/h2-14,19-20,22,25H,17-18H2,1H3/t19-,20?,22?,25?/m1/s1. The maximum absolute atomic E-state index is 13.0. The summed E-state index contributed by atoms with van der Waals surface area (Å²) >= 11 is 0. The molecule has 1 nitrogen and oxygen atoms in total. The summed E-state index contributed by atoms with van der Waals surface area (Å²) in [5.74, 6) is 8.75. The third-order valence-corrected chi connectivity index (χ3v) is 7.41. The van der Waals surface area contributed by atoms with Gasteiger partial charge < -0.3 is 0 Å². The average molecular weight is 389 g/mol. The molecular weight excluding hydrogens is 364 g/mol. The molecule has 3 aliphatic rings. The first-order chi connectivity index (χ1) is 14.7. The van der Waals surface area contributed by atoms with E-state index in [4.69, 9.17) is 0 Å². The molecule has 2 saturated carbocycles. The summed E-state index contributed by atoms with van der Waals surface area (Å²) in [5, 5.41) is 0. The number of benzene rings is 3. The molecule has 0 aromatic heterocycles. The zero-order valence-corrected chi connectivity index (χ0v) is 17.1. The SMILES string of the molecule is C[C@@H]1CC2CC2C(=O)C1C#CC1(c2ccccc2)c2ccccc2-c2ccccc21. The molecule has 0 spiro atoms. The fraction of sp³-hybridized carbons (Fsp3) is 0.276. The van der Waals surface area contributed by atoms with Gasteiger partial charge in [-0.05, 0) is 52.5 Å². The van der Waals surface area contributed by atoms with Crippen LogP contribution in [0.4, 0.5) is 0 Å². The van der Waals surface area contributed by atoms with Gasteiger partial charge in [-0.3, -0.25) is 4.79 Å². The highest BCUT2D eigenvalue weighted by atomic mass is 16.1. The van der Waals surface area contributed by atoms with Crippen LogP contribution in [0.25, 0.3) is 11.1 Å². The van der Waals surface area contributed by atoms with Crippen molar-refractivity contribution >= 4 is 5.78 Å². The molecule has 3 aromatic carbocycles. The molecule has 4 atom stereocenters. The Morgan fingerprint density at radius 3 is 2.07 bits per heavy atom. The maximum Gasteiger partial charge on any atom is 0.151 e. The minimum atomic E-state index is -0.533. The molecule has 30 heavy (non-hydrogen) atoms. The smallest absolute Gasteiger partial charge is 0.151 e. The van der Waals surface area contributed by atoms with Gasteiger partial charge in [-0.15, -0.1) is 0 Å². The largest absolute Gasteiger partial charge is 0.298 e. The van der Waals surface area contributed by atoms with Crippen LogP contribution >= 0.6 is 0 Å². The topological polar surface area (TPSA) is 17.1 Å². The minimum Gasteiger partial charge on any atom is -0.298 e. The van der Waals surface area contributed by atoms with Crippen LogP contribution in [-0.4, -0.2) is 5.78 Å². The van der Waals surface area contributed by atoms with Crippen molar-refractivity contribution in [1.82, 2.24) is 0 Å². The number of hydrogen-bond acceptors (Lipinski definition) is 1. The lowest BCUT2D eigenvalue weighted by atomic mass is 9.72. The third-order valence-electron chi connectivity index (χ3n) is 7.41. The Bertz CT molecular complexity index is 1160. The highest BCUT2D eigenvalue weighted by Crippen LogP contribution is 2.53. The van der Waals surface area contributed by atoms with E-state index in [0.29, 0.717) is 17.6 Å². The zero-order valence-electron chi connectivity index (χ0n) is 17.1. The van der Waals surface area contributed by atoms with E-state index in [1.54, 1.807) is 0 Å². The average Bonchev–Trinajstić information content (AvgIpc) is 3.51. The van der Waals surface area contributed by atoms with Crippen LogP contribution in [0.2, 0.25) is 0 Å². The fourth-order valence-electron chi connectivity index (χ4n) is 5.82. The van der Waals surface area contributed by atoms with Crippen molar-refractivity contribution in [3.8, 4) is 23.0 Å². The number of Topliss-reactive ketones (excluding diaryl/α,β-unsaturated/α-hetero) is 1. The van der Waals surface area contributed by atoms with Gasteiger partial charge >= 0.3 is 0 Å². The van der Waals surface area contributed by atoms with Crippen molar-refractivity contribution in [2.24, 2.45) is 23.7 Å². The maximum atomic E-state index is 13.0. The van der Waals surface area contributed by atoms with E-state index in [0.717, 1.165) is 12.8 Å². The van der Waals surface area contributed by atoms with Gasteiger partial charge in [0.1, 0.15) is 5.41 Å². The first-order valence-corrected chi connectivity index (χ1v) is 11.0. The number of hydrogen-bond donors (Lipinski definition) is 0. The molecule has 3 aliphatic carbocycles. The lowest BCUT2D eigenvalue weighted by molar-refractivity contribution is -0.125. The Morgan fingerprint density at radius 2 is 1.40 bits per heavy atom. The Kier molecular flexibility index (Phi) is 3.81. The highest BCUT2D eigenvalue weighted by Gasteiger charge is 2.51. The summed E-state index contributed by atoms with van der Waals surface area (Å²) < 4.78 is 0. The van der Waals surface area contributed by atoms with Gasteiger partial charge in [0.05, 0.1) is 5.92 Å². The van der Waals surface area contributed by atoms with Crippen molar-refractivity contribution in [1.29, 1.82) is 0 Å². The van der Waals surface area contributed by atoms with Crippen LogP contribution in [0.5, 0.6) is 0 Å². The molecule has 0 radical (unpaired) electrons. The first-order valence-electron chi connectivity index (χ1n) is 11.0. The monoisotopic (exact) mass is 388 g/mol. The first kappa shape index (κ1) is 17.7. The van der Waals surface area contributed by atoms with Crippen molar-refractivity contribution < 1.29 is 4.79 Å². The van der Waals surface area contributed by atoms with E-state index < -0.39 is 5.41 Å². The second-order valence-corrected chi connectivity index (χ2v) is 9.17. The zero-order chi connectivity index (χ0) is 20.3. The predicted molar refractivity (Wildman–Crippen MR) is 120 cm³/mol. The van der Waals surface area contributed by atoms with Crippen LogP contribution in [0.15, 0.2) is 78.9 Å². The molecule has 0 saturated heterocycles. The second-order valence-electron chi connectivity index (χ2n) is 9.17. The number of fused-ring (bicyclic) bond motifs is 4. The Labute approximate surface area is 178 Å². The fourth-order valence-corrected chi connectivity index (χ4v) is 5.82. The lowest BCUT2D eigenvalue weighted by Crippen LogP contribution is -2.29. The van der Waals surface area contributed by atoms with Crippen molar-refractivity contribution in [2.45, 2.75) is 25.2 Å². The minimum absolute atomic E-state index is 0.144. The normalized spacial score (nSPS) is 27.3. The summed E-state index contributed by atoms with van der Waals surface area (Å²) in [7, 11) is 0. The summed E-state index contributed by atoms with van der Waals surface area (Å²) in [6, 6.07) is 27.8.